The lowest BCUT2D eigenvalue weighted by molar-refractivity contribution is -0.660. The number of nitrogens with zero attached hydrogens (tertiary/aromatic N) is 1. The minimum absolute atomic E-state index is 0.249. The van der Waals surface area contributed by atoms with Crippen molar-refractivity contribution in [3.05, 3.63) is 138 Å². The smallest absolute Gasteiger partial charge is 0.216 e. The predicted octanol–water partition coefficient (Wildman–Crippen LogP) is 11.0. The Kier molecular flexibility index (Phi) is 5.92. The molecule has 7 rings (SSSR count). The van der Waals surface area contributed by atoms with Crippen molar-refractivity contribution < 1.29 is 13.1 Å². The number of fused-ring (bicyclic) bond motifs is 3. The molecule has 0 unspecified atom stereocenters. The van der Waals surface area contributed by atoms with Crippen molar-refractivity contribution in [2.75, 3.05) is 0 Å². The van der Waals surface area contributed by atoms with Crippen LogP contribution in [0.3, 0.4) is 0 Å². The van der Waals surface area contributed by atoms with Gasteiger partial charge in [-0.3, -0.25) is 0 Å². The molecule has 0 bridgehead atoms. The normalized spacial score (nSPS) is 13.2. The molecule has 2 heterocycles. The molecule has 0 amide bonds. The summed E-state index contributed by atoms with van der Waals surface area (Å²) in [6, 6.07) is 38.9. The Morgan fingerprint density at radius 2 is 1.32 bits per heavy atom. The van der Waals surface area contributed by atoms with Crippen LogP contribution in [-0.2, 0) is 12.5 Å². The molecule has 0 atom stereocenters. The second kappa shape index (κ2) is 10.6. The Morgan fingerprint density at radius 3 is 2.02 bits per heavy atom. The van der Waals surface area contributed by atoms with Gasteiger partial charge in [-0.1, -0.05) is 130 Å². The molecule has 2 aromatic heterocycles. The van der Waals surface area contributed by atoms with Crippen LogP contribution in [0.15, 0.2) is 126 Å². The maximum absolute atomic E-state index is 8.62. The van der Waals surface area contributed by atoms with E-state index in [1.165, 1.54) is 0 Å². The molecule has 2 nitrogen and oxygen atoms in total. The third kappa shape index (κ3) is 4.72. The summed E-state index contributed by atoms with van der Waals surface area (Å²) in [6.07, 6.45) is 2.16. The van der Waals surface area contributed by atoms with E-state index in [0.29, 0.717) is 5.56 Å². The van der Waals surface area contributed by atoms with Crippen molar-refractivity contribution in [1.82, 2.24) is 0 Å². The molecule has 0 aliphatic rings. The number of rotatable bonds is 4. The zero-order valence-electron chi connectivity index (χ0n) is 28.9. The fraction of sp³-hybridized carbons (Fsp3) is 0.167. The van der Waals surface area contributed by atoms with Crippen molar-refractivity contribution in [1.29, 1.82) is 0 Å². The number of aryl methyl sites for hydroxylation is 3. The lowest BCUT2D eigenvalue weighted by Crippen LogP contribution is -2.34. The van der Waals surface area contributed by atoms with Gasteiger partial charge in [0.05, 0.1) is 5.56 Å². The van der Waals surface area contributed by atoms with Crippen molar-refractivity contribution >= 4 is 21.9 Å². The number of furan rings is 1. The van der Waals surface area contributed by atoms with Crippen molar-refractivity contribution in [3.8, 4) is 44.6 Å². The Hall–Kier alpha value is -4.95. The Labute approximate surface area is 264 Å². The molecule has 0 radical (unpaired) electrons. The number of benzene rings is 5. The lowest BCUT2D eigenvalue weighted by atomic mass is 9.81. The summed E-state index contributed by atoms with van der Waals surface area (Å²) in [6.45, 7) is 6.33. The Morgan fingerprint density at radius 1 is 0.614 bits per heavy atom. The highest BCUT2D eigenvalue weighted by molar-refractivity contribution is 6.13. The molecule has 7 aromatic rings. The van der Waals surface area contributed by atoms with Gasteiger partial charge < -0.3 is 4.42 Å². The summed E-state index contributed by atoms with van der Waals surface area (Å²) >= 11 is 0. The van der Waals surface area contributed by atoms with Crippen LogP contribution in [0.25, 0.3) is 66.6 Å². The maximum atomic E-state index is 8.62. The van der Waals surface area contributed by atoms with Gasteiger partial charge in [-0.05, 0) is 58.1 Å². The van der Waals surface area contributed by atoms with Gasteiger partial charge in [-0.15, -0.1) is 0 Å². The molecule has 216 valence electrons. The van der Waals surface area contributed by atoms with E-state index in [1.54, 1.807) is 0 Å². The first-order valence-corrected chi connectivity index (χ1v) is 15.2. The van der Waals surface area contributed by atoms with E-state index in [0.717, 1.165) is 77.7 Å². The number of para-hydroxylation sites is 1. The highest BCUT2D eigenvalue weighted by Crippen LogP contribution is 2.43. The summed E-state index contributed by atoms with van der Waals surface area (Å²) in [5, 5.41) is 2.12. The first kappa shape index (κ1) is 24.5. The summed E-state index contributed by atoms with van der Waals surface area (Å²) in [7, 11) is 2.06. The van der Waals surface area contributed by atoms with Crippen LogP contribution in [0.5, 0.6) is 0 Å². The number of aromatic nitrogens is 1. The molecule has 0 saturated heterocycles. The Balaban J connectivity index is 1.51. The average molecular weight is 576 g/mol. The van der Waals surface area contributed by atoms with E-state index >= 15 is 0 Å². The maximum Gasteiger partial charge on any atom is 0.216 e. The summed E-state index contributed by atoms with van der Waals surface area (Å²) in [4.78, 5) is 0. The first-order chi connectivity index (χ1) is 22.4. The van der Waals surface area contributed by atoms with Crippen LogP contribution < -0.4 is 4.57 Å². The van der Waals surface area contributed by atoms with Crippen LogP contribution in [0.4, 0.5) is 0 Å². The first-order valence-electron chi connectivity index (χ1n) is 16.7. The van der Waals surface area contributed by atoms with E-state index in [2.05, 4.69) is 94.0 Å². The predicted molar refractivity (Wildman–Crippen MR) is 185 cm³/mol. The number of hydrogen-bond donors (Lipinski definition) is 0. The number of pyridine rings is 1. The van der Waals surface area contributed by atoms with E-state index in [4.69, 9.17) is 8.53 Å². The van der Waals surface area contributed by atoms with Crippen LogP contribution in [-0.4, -0.2) is 0 Å². The highest BCUT2D eigenvalue weighted by atomic mass is 16.3. The van der Waals surface area contributed by atoms with Gasteiger partial charge in [0, 0.05) is 32.1 Å². The van der Waals surface area contributed by atoms with Gasteiger partial charge in [0.25, 0.3) is 0 Å². The average Bonchev–Trinajstić information content (AvgIpc) is 3.43. The molecule has 0 aliphatic heterocycles. The van der Waals surface area contributed by atoms with E-state index in [1.807, 2.05) is 66.7 Å². The lowest BCUT2D eigenvalue weighted by Gasteiger charge is -2.23. The fourth-order valence-corrected chi connectivity index (χ4v) is 6.43. The molecule has 0 N–H and O–H groups in total. The van der Waals surface area contributed by atoms with Crippen molar-refractivity contribution in [2.24, 2.45) is 7.05 Å². The van der Waals surface area contributed by atoms with Crippen LogP contribution in [0, 0.1) is 13.8 Å². The topological polar surface area (TPSA) is 17.0 Å². The molecular weight excluding hydrogens is 534 g/mol. The molecule has 0 fully saturated rings. The monoisotopic (exact) mass is 575 g/mol. The van der Waals surface area contributed by atoms with Crippen LogP contribution >= 0.6 is 0 Å². The van der Waals surface area contributed by atoms with Gasteiger partial charge in [0.2, 0.25) is 5.69 Å². The molecular formula is C42H38NO+. The highest BCUT2D eigenvalue weighted by Gasteiger charge is 2.28. The SMILES string of the molecule is [2H]C([2H])([2H])c1cc(-c2ccccc2)ccc1-c1cc(-c2c(C)ccc3c2oc2c(-c4ccccc4)cccc23)[n+](C)cc1C(C)(C)C. The zero-order valence-corrected chi connectivity index (χ0v) is 25.9. The van der Waals surface area contributed by atoms with Crippen LogP contribution in [0.2, 0.25) is 0 Å². The quantitative estimate of drug-likeness (QED) is 0.191. The van der Waals surface area contributed by atoms with Gasteiger partial charge in [0.15, 0.2) is 6.20 Å². The molecule has 0 aliphatic carbocycles. The fourth-order valence-electron chi connectivity index (χ4n) is 6.43. The molecule has 5 aromatic carbocycles. The Bertz CT molecular complexity index is 2270. The van der Waals surface area contributed by atoms with Gasteiger partial charge >= 0.3 is 0 Å². The van der Waals surface area contributed by atoms with E-state index in [9.17, 15) is 0 Å². The third-order valence-corrected chi connectivity index (χ3v) is 8.72. The van der Waals surface area contributed by atoms with E-state index in [-0.39, 0.29) is 5.41 Å². The van der Waals surface area contributed by atoms with E-state index < -0.39 is 6.85 Å². The van der Waals surface area contributed by atoms with Gasteiger partial charge in [0.1, 0.15) is 18.2 Å². The second-order valence-electron chi connectivity index (χ2n) is 12.8. The summed E-state index contributed by atoms with van der Waals surface area (Å²) in [5.41, 5.74) is 11.5. The summed E-state index contributed by atoms with van der Waals surface area (Å²) < 4.78 is 34.8. The molecule has 0 spiro atoms. The van der Waals surface area contributed by atoms with Crippen molar-refractivity contribution in [3.63, 3.8) is 0 Å². The van der Waals surface area contributed by atoms with Crippen LogP contribution in [0.1, 0.15) is 41.6 Å². The third-order valence-electron chi connectivity index (χ3n) is 8.72. The molecule has 44 heavy (non-hydrogen) atoms. The number of hydrogen-bond acceptors (Lipinski definition) is 1. The second-order valence-corrected chi connectivity index (χ2v) is 12.8. The zero-order chi connectivity index (χ0) is 33.1. The van der Waals surface area contributed by atoms with Crippen molar-refractivity contribution in [2.45, 2.75) is 40.0 Å². The van der Waals surface area contributed by atoms with Gasteiger partial charge in [-0.25, -0.2) is 4.57 Å². The molecule has 0 saturated carbocycles. The minimum atomic E-state index is -2.31. The largest absolute Gasteiger partial charge is 0.454 e. The minimum Gasteiger partial charge on any atom is -0.454 e. The molecule has 2 heteroatoms. The van der Waals surface area contributed by atoms with Gasteiger partial charge in [-0.2, -0.15) is 0 Å². The summed E-state index contributed by atoms with van der Waals surface area (Å²) in [5.74, 6) is 0. The standard InChI is InChI=1S/C42H38NO/c1-27-20-22-35-34-19-13-18-33(30-16-11-8-12-17-30)40(34)44-41(35)39(27)38-25-36(37(26-43(38)6)42(3,4)5)32-23-21-31(24-28(32)2)29-14-9-7-10-15-29/h7-26H,1-6H3/q+1/i2D3.